The van der Waals surface area contributed by atoms with Gasteiger partial charge in [0.25, 0.3) is 0 Å². The second kappa shape index (κ2) is 10.6. The molecule has 0 aromatic heterocycles. The summed E-state index contributed by atoms with van der Waals surface area (Å²) >= 11 is 0. The smallest absolute Gasteiger partial charge is 0.226 e. The number of amides is 1. The van der Waals surface area contributed by atoms with Crippen molar-refractivity contribution in [2.45, 2.75) is 45.4 Å². The second-order valence-electron chi connectivity index (χ2n) is 9.12. The molecule has 0 bridgehead atoms. The van der Waals surface area contributed by atoms with Crippen LogP contribution in [0, 0.1) is 11.2 Å². The second-order valence-corrected chi connectivity index (χ2v) is 9.12. The summed E-state index contributed by atoms with van der Waals surface area (Å²) in [6.45, 7) is 7.23. The van der Waals surface area contributed by atoms with Crippen molar-refractivity contribution < 1.29 is 18.7 Å². The van der Waals surface area contributed by atoms with Crippen molar-refractivity contribution in [1.29, 1.82) is 0 Å². The van der Waals surface area contributed by atoms with Crippen LogP contribution in [-0.2, 0) is 33.8 Å². The zero-order chi connectivity index (χ0) is 22.4. The summed E-state index contributed by atoms with van der Waals surface area (Å²) in [4.78, 5) is 15.7. The van der Waals surface area contributed by atoms with Crippen LogP contribution in [0.25, 0.3) is 0 Å². The number of halogens is 1. The van der Waals surface area contributed by atoms with E-state index in [2.05, 4.69) is 41.4 Å². The van der Waals surface area contributed by atoms with Gasteiger partial charge in [-0.3, -0.25) is 9.69 Å². The van der Waals surface area contributed by atoms with Crippen LogP contribution >= 0.6 is 0 Å². The van der Waals surface area contributed by atoms with E-state index in [1.165, 1.54) is 17.7 Å². The van der Waals surface area contributed by atoms with Gasteiger partial charge in [-0.1, -0.05) is 36.4 Å². The molecule has 1 amide bonds. The van der Waals surface area contributed by atoms with E-state index < -0.39 is 5.41 Å². The predicted molar refractivity (Wildman–Crippen MR) is 122 cm³/mol. The number of nitrogens with zero attached hydrogens (tertiary/aromatic N) is 1. The largest absolute Gasteiger partial charge is 0.381 e. The van der Waals surface area contributed by atoms with Gasteiger partial charge in [-0.2, -0.15) is 0 Å². The third kappa shape index (κ3) is 5.94. The van der Waals surface area contributed by atoms with Gasteiger partial charge in [0.2, 0.25) is 5.91 Å². The Labute approximate surface area is 189 Å². The molecule has 2 aromatic rings. The minimum Gasteiger partial charge on any atom is -0.381 e. The summed E-state index contributed by atoms with van der Waals surface area (Å²) < 4.78 is 24.9. The molecule has 2 aliphatic heterocycles. The van der Waals surface area contributed by atoms with Gasteiger partial charge >= 0.3 is 0 Å². The van der Waals surface area contributed by atoms with Crippen LogP contribution in [0.1, 0.15) is 36.5 Å². The van der Waals surface area contributed by atoms with Crippen LogP contribution in [0.15, 0.2) is 48.5 Å². The monoisotopic (exact) mass is 440 g/mol. The Bertz CT molecular complexity index is 913. The molecule has 0 radical (unpaired) electrons. The molecule has 2 aromatic carbocycles. The number of morpholine rings is 1. The van der Waals surface area contributed by atoms with Crippen LogP contribution in [0.2, 0.25) is 0 Å². The summed E-state index contributed by atoms with van der Waals surface area (Å²) in [6, 6.07) is 15.0. The molecule has 172 valence electrons. The average molecular weight is 441 g/mol. The Balaban J connectivity index is 1.39. The standard InChI is InChI=1S/C26H33FN2O3/c1-20-18-29(10-13-32-20)19-23-6-2-5-22(14-23)17-28-25(30)26(8-11-31-12-9-26)16-21-4-3-7-24(27)15-21/h2-7,14-15,20H,8-13,16-19H2,1H3,(H,28,30). The Morgan fingerprint density at radius 3 is 2.62 bits per heavy atom. The number of carbonyl (C=O) groups is 1. The van der Waals surface area contributed by atoms with E-state index in [4.69, 9.17) is 9.47 Å². The van der Waals surface area contributed by atoms with Crippen molar-refractivity contribution in [2.75, 3.05) is 32.9 Å². The summed E-state index contributed by atoms with van der Waals surface area (Å²) in [5.74, 6) is -0.242. The SMILES string of the molecule is CC1CN(Cc2cccc(CNC(=O)C3(Cc4cccc(F)c4)CCOCC3)c2)CCO1. The highest BCUT2D eigenvalue weighted by Crippen LogP contribution is 2.35. The number of hydrogen-bond acceptors (Lipinski definition) is 4. The molecule has 2 saturated heterocycles. The maximum atomic E-state index is 13.7. The molecule has 2 fully saturated rings. The zero-order valence-corrected chi connectivity index (χ0v) is 18.8. The molecule has 0 spiro atoms. The van der Waals surface area contributed by atoms with E-state index in [0.29, 0.717) is 39.0 Å². The van der Waals surface area contributed by atoms with E-state index in [9.17, 15) is 9.18 Å². The molecular weight excluding hydrogens is 407 g/mol. The molecule has 1 atom stereocenters. The molecule has 2 aliphatic rings. The minimum atomic E-state index is -0.562. The van der Waals surface area contributed by atoms with E-state index in [1.807, 2.05) is 6.07 Å². The number of hydrogen-bond donors (Lipinski definition) is 1. The Morgan fingerprint density at radius 2 is 1.84 bits per heavy atom. The lowest BCUT2D eigenvalue weighted by atomic mass is 9.74. The maximum Gasteiger partial charge on any atom is 0.226 e. The number of benzene rings is 2. The van der Waals surface area contributed by atoms with Crippen LogP contribution in [0.4, 0.5) is 4.39 Å². The predicted octanol–water partition coefficient (Wildman–Crippen LogP) is 3.70. The van der Waals surface area contributed by atoms with Gasteiger partial charge in [-0.05, 0) is 55.0 Å². The van der Waals surface area contributed by atoms with Crippen LogP contribution in [0.3, 0.4) is 0 Å². The van der Waals surface area contributed by atoms with Gasteiger partial charge < -0.3 is 14.8 Å². The van der Waals surface area contributed by atoms with E-state index in [0.717, 1.165) is 37.4 Å². The first-order chi connectivity index (χ1) is 15.5. The molecule has 5 nitrogen and oxygen atoms in total. The fraction of sp³-hybridized carbons (Fsp3) is 0.500. The summed E-state index contributed by atoms with van der Waals surface area (Å²) in [5.41, 5.74) is 2.62. The minimum absolute atomic E-state index is 0.0254. The summed E-state index contributed by atoms with van der Waals surface area (Å²) in [7, 11) is 0. The van der Waals surface area contributed by atoms with Crippen LogP contribution in [-0.4, -0.2) is 49.8 Å². The molecule has 2 heterocycles. The fourth-order valence-corrected chi connectivity index (χ4v) is 4.78. The van der Waals surface area contributed by atoms with Crippen molar-refractivity contribution in [1.82, 2.24) is 10.2 Å². The number of carbonyl (C=O) groups excluding carboxylic acids is 1. The number of nitrogens with one attached hydrogen (secondary N) is 1. The highest BCUT2D eigenvalue weighted by atomic mass is 19.1. The number of rotatable bonds is 7. The molecule has 32 heavy (non-hydrogen) atoms. The first-order valence-electron chi connectivity index (χ1n) is 11.5. The Hall–Kier alpha value is -2.28. The van der Waals surface area contributed by atoms with Gasteiger partial charge in [0, 0.05) is 39.4 Å². The lowest BCUT2D eigenvalue weighted by Gasteiger charge is -2.36. The fourth-order valence-electron chi connectivity index (χ4n) is 4.78. The van der Waals surface area contributed by atoms with Gasteiger partial charge in [-0.25, -0.2) is 4.39 Å². The Kier molecular flexibility index (Phi) is 7.55. The van der Waals surface area contributed by atoms with Crippen molar-refractivity contribution in [3.63, 3.8) is 0 Å². The molecule has 1 unspecified atom stereocenters. The van der Waals surface area contributed by atoms with Crippen LogP contribution < -0.4 is 5.32 Å². The third-order valence-electron chi connectivity index (χ3n) is 6.54. The zero-order valence-electron chi connectivity index (χ0n) is 18.8. The maximum absolute atomic E-state index is 13.7. The first-order valence-corrected chi connectivity index (χ1v) is 11.5. The van der Waals surface area contributed by atoms with Gasteiger partial charge in [-0.15, -0.1) is 0 Å². The Morgan fingerprint density at radius 1 is 1.09 bits per heavy atom. The lowest BCUT2D eigenvalue weighted by molar-refractivity contribution is -0.136. The average Bonchev–Trinajstić information content (AvgIpc) is 2.78. The van der Waals surface area contributed by atoms with Gasteiger partial charge in [0.15, 0.2) is 0 Å². The summed E-state index contributed by atoms with van der Waals surface area (Å²) in [5, 5.41) is 3.16. The first kappa shape index (κ1) is 22.9. The molecular formula is C26H33FN2O3. The normalized spacial score (nSPS) is 21.2. The molecule has 1 N–H and O–H groups in total. The van der Waals surface area contributed by atoms with Crippen molar-refractivity contribution >= 4 is 5.91 Å². The quantitative estimate of drug-likeness (QED) is 0.713. The summed E-state index contributed by atoms with van der Waals surface area (Å²) in [6.07, 6.45) is 2.07. The molecule has 4 rings (SSSR count). The third-order valence-corrected chi connectivity index (χ3v) is 6.54. The van der Waals surface area contributed by atoms with E-state index in [-0.39, 0.29) is 17.8 Å². The topological polar surface area (TPSA) is 50.8 Å². The van der Waals surface area contributed by atoms with E-state index >= 15 is 0 Å². The van der Waals surface area contributed by atoms with Crippen molar-refractivity contribution in [3.8, 4) is 0 Å². The van der Waals surface area contributed by atoms with Crippen molar-refractivity contribution in [2.24, 2.45) is 5.41 Å². The molecule has 0 aliphatic carbocycles. The number of ether oxygens (including phenoxy) is 2. The molecule has 6 heteroatoms. The van der Waals surface area contributed by atoms with E-state index in [1.54, 1.807) is 6.07 Å². The molecule has 0 saturated carbocycles. The van der Waals surface area contributed by atoms with Gasteiger partial charge in [0.1, 0.15) is 5.82 Å². The highest BCUT2D eigenvalue weighted by molar-refractivity contribution is 5.83. The lowest BCUT2D eigenvalue weighted by Crippen LogP contribution is -2.46. The van der Waals surface area contributed by atoms with Crippen LogP contribution in [0.5, 0.6) is 0 Å². The van der Waals surface area contributed by atoms with Gasteiger partial charge in [0.05, 0.1) is 18.1 Å². The highest BCUT2D eigenvalue weighted by Gasteiger charge is 2.40. The van der Waals surface area contributed by atoms with Crippen molar-refractivity contribution in [3.05, 3.63) is 71.0 Å².